The zero-order chi connectivity index (χ0) is 20.2. The molecule has 29 heavy (non-hydrogen) atoms. The van der Waals surface area contributed by atoms with Gasteiger partial charge in [0.15, 0.2) is 0 Å². The quantitative estimate of drug-likeness (QED) is 0.539. The fourth-order valence-electron chi connectivity index (χ4n) is 3.31. The molecule has 4 rings (SSSR count). The molecule has 0 bridgehead atoms. The minimum Gasteiger partial charge on any atom is -0.497 e. The summed E-state index contributed by atoms with van der Waals surface area (Å²) in [7, 11) is 1.65. The molecule has 3 aromatic rings. The number of likely N-dealkylation sites (tertiary alicyclic amines) is 1. The van der Waals surface area contributed by atoms with E-state index in [2.05, 4.69) is 17.1 Å². The molecule has 0 amide bonds. The second kappa shape index (κ2) is 8.59. The first-order valence-electron chi connectivity index (χ1n) is 9.19. The fraction of sp³-hybridized carbons (Fsp3) is 0.130. The predicted octanol–water partition coefficient (Wildman–Crippen LogP) is 5.12. The highest BCUT2D eigenvalue weighted by molar-refractivity contribution is 7.83. The van der Waals surface area contributed by atoms with Crippen LogP contribution < -0.4 is 4.74 Å². The van der Waals surface area contributed by atoms with Crippen LogP contribution in [0.2, 0.25) is 0 Å². The smallest absolute Gasteiger partial charge is 0.129 e. The average Bonchev–Trinajstić information content (AvgIpc) is 3.00. The van der Waals surface area contributed by atoms with E-state index in [0.717, 1.165) is 33.3 Å². The maximum absolute atomic E-state index is 5.87. The molecule has 4 nitrogen and oxygen atoms in total. The van der Waals surface area contributed by atoms with E-state index >= 15 is 0 Å². The monoisotopic (exact) mass is 417 g/mol. The van der Waals surface area contributed by atoms with Crippen molar-refractivity contribution in [2.45, 2.75) is 12.5 Å². The normalized spacial score (nSPS) is 17.8. The van der Waals surface area contributed by atoms with E-state index in [1.807, 2.05) is 65.7 Å². The van der Waals surface area contributed by atoms with Gasteiger partial charge in [0.1, 0.15) is 10.7 Å². The molecular formula is C23H19N3OS2. The highest BCUT2D eigenvalue weighted by atomic mass is 32.1. The van der Waals surface area contributed by atoms with Gasteiger partial charge in [0, 0.05) is 12.4 Å². The molecule has 1 atom stereocenters. The van der Waals surface area contributed by atoms with Gasteiger partial charge in [0.2, 0.25) is 0 Å². The first-order chi connectivity index (χ1) is 14.2. The third-order valence-corrected chi connectivity index (χ3v) is 5.65. The van der Waals surface area contributed by atoms with E-state index in [0.29, 0.717) is 11.5 Å². The van der Waals surface area contributed by atoms with Crippen LogP contribution in [0, 0.1) is 0 Å². The number of hydrogen-bond donors (Lipinski definition) is 0. The number of aromatic nitrogens is 1. The molecule has 1 aliphatic heterocycles. The van der Waals surface area contributed by atoms with Crippen LogP contribution in [0.5, 0.6) is 5.75 Å². The van der Waals surface area contributed by atoms with Crippen LogP contribution in [0.25, 0.3) is 0 Å². The van der Waals surface area contributed by atoms with Crippen LogP contribution in [-0.2, 0) is 6.54 Å². The van der Waals surface area contributed by atoms with Crippen LogP contribution in [0.1, 0.15) is 17.0 Å². The topological polar surface area (TPSA) is 37.7 Å². The molecule has 1 fully saturated rings. The number of benzene rings is 2. The summed E-state index contributed by atoms with van der Waals surface area (Å²) in [6.45, 7) is 0.580. The van der Waals surface area contributed by atoms with E-state index in [4.69, 9.17) is 34.2 Å². The van der Waals surface area contributed by atoms with Crippen LogP contribution in [0.15, 0.2) is 84.1 Å². The Morgan fingerprint density at radius 3 is 2.41 bits per heavy atom. The zero-order valence-electron chi connectivity index (χ0n) is 15.9. The first kappa shape index (κ1) is 19.4. The summed E-state index contributed by atoms with van der Waals surface area (Å²) < 4.78 is 5.24. The Labute approximate surface area is 180 Å². The number of ether oxygens (including phenoxy) is 1. The van der Waals surface area contributed by atoms with Crippen molar-refractivity contribution in [1.82, 2.24) is 9.88 Å². The minimum absolute atomic E-state index is 0.155. The number of nitrogens with zero attached hydrogens (tertiary/aromatic N) is 3. The van der Waals surface area contributed by atoms with Crippen LogP contribution in [0.3, 0.4) is 0 Å². The van der Waals surface area contributed by atoms with Gasteiger partial charge in [0.05, 0.1) is 36.0 Å². The summed E-state index contributed by atoms with van der Waals surface area (Å²) in [6.07, 6.45) is 3.59. The zero-order valence-corrected chi connectivity index (χ0v) is 17.5. The summed E-state index contributed by atoms with van der Waals surface area (Å²) >= 11 is 11.7. The Bertz CT molecular complexity index is 1050. The fourth-order valence-corrected chi connectivity index (χ4v) is 4.10. The number of pyridine rings is 1. The molecule has 6 heteroatoms. The third-order valence-electron chi connectivity index (χ3n) is 4.77. The Morgan fingerprint density at radius 2 is 1.76 bits per heavy atom. The maximum Gasteiger partial charge on any atom is 0.129 e. The molecule has 1 aromatic heterocycles. The molecule has 0 radical (unpaired) electrons. The van der Waals surface area contributed by atoms with Crippen molar-refractivity contribution in [1.29, 1.82) is 0 Å². The van der Waals surface area contributed by atoms with E-state index in [9.17, 15) is 0 Å². The SMILES string of the molecule is COc1ccc(N=C2C(=S)N(Cc3cccnc3)C(=S)C2c2ccccc2)cc1. The van der Waals surface area contributed by atoms with E-state index < -0.39 is 0 Å². The average molecular weight is 418 g/mol. The van der Waals surface area contributed by atoms with Crippen molar-refractivity contribution in [2.24, 2.45) is 4.99 Å². The number of aliphatic imine (C=N–C) groups is 1. The molecule has 2 heterocycles. The van der Waals surface area contributed by atoms with Gasteiger partial charge in [-0.15, -0.1) is 0 Å². The molecular weight excluding hydrogens is 398 g/mol. The third kappa shape index (κ3) is 4.09. The lowest BCUT2D eigenvalue weighted by Gasteiger charge is -2.18. The molecule has 0 saturated carbocycles. The van der Waals surface area contributed by atoms with Gasteiger partial charge in [-0.1, -0.05) is 60.8 Å². The molecule has 0 N–H and O–H groups in total. The molecule has 0 aliphatic carbocycles. The van der Waals surface area contributed by atoms with Crippen molar-refractivity contribution >= 4 is 45.8 Å². The molecule has 0 spiro atoms. The van der Waals surface area contributed by atoms with E-state index in [-0.39, 0.29) is 5.92 Å². The highest BCUT2D eigenvalue weighted by Gasteiger charge is 2.39. The Morgan fingerprint density at radius 1 is 1.00 bits per heavy atom. The van der Waals surface area contributed by atoms with Gasteiger partial charge in [0.25, 0.3) is 0 Å². The number of thiocarbonyl (C=S) groups is 2. The number of hydrogen-bond acceptors (Lipinski definition) is 5. The lowest BCUT2D eigenvalue weighted by molar-refractivity contribution is 0.415. The van der Waals surface area contributed by atoms with Gasteiger partial charge in [-0.05, 0) is 41.5 Å². The Kier molecular flexibility index (Phi) is 5.74. The van der Waals surface area contributed by atoms with E-state index in [1.165, 1.54) is 0 Å². The summed E-state index contributed by atoms with van der Waals surface area (Å²) in [6, 6.07) is 21.7. The number of methoxy groups -OCH3 is 1. The van der Waals surface area contributed by atoms with Gasteiger partial charge >= 0.3 is 0 Å². The molecule has 1 saturated heterocycles. The molecule has 2 aromatic carbocycles. The summed E-state index contributed by atoms with van der Waals surface area (Å²) in [4.78, 5) is 12.5. The molecule has 1 unspecified atom stereocenters. The van der Waals surface area contributed by atoms with Crippen molar-refractivity contribution in [3.8, 4) is 5.75 Å². The minimum atomic E-state index is -0.155. The van der Waals surface area contributed by atoms with E-state index in [1.54, 1.807) is 13.3 Å². The second-order valence-electron chi connectivity index (χ2n) is 6.63. The van der Waals surface area contributed by atoms with Gasteiger partial charge < -0.3 is 9.64 Å². The van der Waals surface area contributed by atoms with Gasteiger partial charge in [-0.25, -0.2) is 4.99 Å². The van der Waals surface area contributed by atoms with Crippen molar-refractivity contribution in [3.63, 3.8) is 0 Å². The lowest BCUT2D eigenvalue weighted by atomic mass is 9.96. The lowest BCUT2D eigenvalue weighted by Crippen LogP contribution is -2.28. The predicted molar refractivity (Wildman–Crippen MR) is 124 cm³/mol. The molecule has 144 valence electrons. The summed E-state index contributed by atoms with van der Waals surface area (Å²) in [5, 5.41) is 0. The Balaban J connectivity index is 1.74. The molecule has 1 aliphatic rings. The van der Waals surface area contributed by atoms with Gasteiger partial charge in [-0.3, -0.25) is 4.98 Å². The van der Waals surface area contributed by atoms with Gasteiger partial charge in [-0.2, -0.15) is 0 Å². The van der Waals surface area contributed by atoms with Crippen LogP contribution >= 0.6 is 24.4 Å². The van der Waals surface area contributed by atoms with Crippen LogP contribution in [0.4, 0.5) is 5.69 Å². The summed E-state index contributed by atoms with van der Waals surface area (Å²) in [5.41, 5.74) is 3.75. The first-order valence-corrected chi connectivity index (χ1v) is 10.0. The maximum atomic E-state index is 5.87. The highest BCUT2D eigenvalue weighted by Crippen LogP contribution is 2.33. The van der Waals surface area contributed by atoms with Crippen LogP contribution in [-0.4, -0.2) is 32.7 Å². The summed E-state index contributed by atoms with van der Waals surface area (Å²) in [5.74, 6) is 0.633. The van der Waals surface area contributed by atoms with Crippen molar-refractivity contribution in [3.05, 3.63) is 90.3 Å². The largest absolute Gasteiger partial charge is 0.497 e. The number of rotatable bonds is 5. The van der Waals surface area contributed by atoms with Crippen molar-refractivity contribution < 1.29 is 4.74 Å². The van der Waals surface area contributed by atoms with Crippen molar-refractivity contribution in [2.75, 3.05) is 7.11 Å². The Hall–Kier alpha value is -2.96. The second-order valence-corrected chi connectivity index (χ2v) is 7.43. The standard InChI is InChI=1S/C23H19N3OS2/c1-27-19-11-9-18(10-12-19)25-21-20(17-7-3-2-4-8-17)22(28)26(23(21)29)15-16-6-5-13-24-14-16/h2-14,20H,15H2,1H3.